The summed E-state index contributed by atoms with van der Waals surface area (Å²) in [5.74, 6) is 0.0228. The standard InChI is InChI=1S/C17H22F2N4O2/c18-15(19)11-22-6-2-12(3-7-22)9-17(25)23-8-4-16(24)21-13-1-5-20-10-14(13)23/h1,5,10,12,15H,2-4,6-9,11H2,(H,21,24). The van der Waals surface area contributed by atoms with Gasteiger partial charge in [-0.25, -0.2) is 8.78 Å². The van der Waals surface area contributed by atoms with Gasteiger partial charge in [0.15, 0.2) is 0 Å². The first kappa shape index (κ1) is 17.7. The lowest BCUT2D eigenvalue weighted by atomic mass is 9.93. The highest BCUT2D eigenvalue weighted by molar-refractivity contribution is 6.03. The van der Waals surface area contributed by atoms with Crippen molar-refractivity contribution in [2.24, 2.45) is 5.92 Å². The van der Waals surface area contributed by atoms with E-state index in [0.29, 0.717) is 37.4 Å². The lowest BCUT2D eigenvalue weighted by molar-refractivity contribution is -0.120. The van der Waals surface area contributed by atoms with Crippen LogP contribution in [0.25, 0.3) is 0 Å². The second-order valence-corrected chi connectivity index (χ2v) is 6.58. The number of nitrogens with one attached hydrogen (secondary N) is 1. The van der Waals surface area contributed by atoms with Crippen LogP contribution >= 0.6 is 0 Å². The van der Waals surface area contributed by atoms with Crippen LogP contribution < -0.4 is 10.2 Å². The van der Waals surface area contributed by atoms with Crippen molar-refractivity contribution in [3.8, 4) is 0 Å². The van der Waals surface area contributed by atoms with Gasteiger partial charge in [0.05, 0.1) is 24.1 Å². The molecular weight excluding hydrogens is 330 g/mol. The molecule has 0 radical (unpaired) electrons. The summed E-state index contributed by atoms with van der Waals surface area (Å²) in [4.78, 5) is 32.0. The number of rotatable bonds is 4. The van der Waals surface area contributed by atoms with E-state index in [1.165, 1.54) is 0 Å². The quantitative estimate of drug-likeness (QED) is 0.902. The number of likely N-dealkylation sites (tertiary alicyclic amines) is 1. The number of piperidine rings is 1. The molecule has 8 heteroatoms. The molecule has 0 aliphatic carbocycles. The van der Waals surface area contributed by atoms with E-state index in [0.717, 1.165) is 12.8 Å². The smallest absolute Gasteiger partial charge is 0.251 e. The van der Waals surface area contributed by atoms with Crippen molar-refractivity contribution in [2.45, 2.75) is 32.1 Å². The number of carbonyl (C=O) groups excluding carboxylic acids is 2. The number of alkyl halides is 2. The highest BCUT2D eigenvalue weighted by Gasteiger charge is 2.28. The van der Waals surface area contributed by atoms with Crippen molar-refractivity contribution in [1.29, 1.82) is 0 Å². The van der Waals surface area contributed by atoms with Crippen LogP contribution in [0.15, 0.2) is 18.5 Å². The molecule has 3 rings (SSSR count). The number of anilines is 2. The van der Waals surface area contributed by atoms with Crippen LogP contribution in [0.1, 0.15) is 25.7 Å². The van der Waals surface area contributed by atoms with Crippen molar-refractivity contribution >= 4 is 23.2 Å². The molecule has 1 saturated heterocycles. The molecule has 1 aromatic heterocycles. The van der Waals surface area contributed by atoms with Crippen LogP contribution in [0.5, 0.6) is 0 Å². The summed E-state index contributed by atoms with van der Waals surface area (Å²) in [6, 6.07) is 1.68. The van der Waals surface area contributed by atoms with Gasteiger partial charge in [-0.05, 0) is 37.9 Å². The van der Waals surface area contributed by atoms with Crippen LogP contribution in [0.4, 0.5) is 20.2 Å². The van der Waals surface area contributed by atoms with E-state index < -0.39 is 6.43 Å². The van der Waals surface area contributed by atoms with Crippen molar-refractivity contribution in [3.05, 3.63) is 18.5 Å². The molecule has 0 spiro atoms. The van der Waals surface area contributed by atoms with Crippen LogP contribution in [-0.4, -0.2) is 54.3 Å². The van der Waals surface area contributed by atoms with Crippen molar-refractivity contribution in [3.63, 3.8) is 0 Å². The van der Waals surface area contributed by atoms with Gasteiger partial charge in [0, 0.05) is 25.6 Å². The molecule has 0 aromatic carbocycles. The molecule has 0 unspecified atom stereocenters. The number of carbonyl (C=O) groups is 2. The molecule has 2 aliphatic heterocycles. The summed E-state index contributed by atoms with van der Waals surface area (Å²) in [5.41, 5.74) is 1.21. The number of nitrogens with zero attached hydrogens (tertiary/aromatic N) is 3. The fourth-order valence-corrected chi connectivity index (χ4v) is 3.44. The Balaban J connectivity index is 1.61. The summed E-state index contributed by atoms with van der Waals surface area (Å²) in [5, 5.41) is 2.78. The minimum absolute atomic E-state index is 0.0435. The number of aromatic nitrogens is 1. The Hall–Kier alpha value is -2.09. The van der Waals surface area contributed by atoms with Crippen molar-refractivity contribution in [1.82, 2.24) is 9.88 Å². The third kappa shape index (κ3) is 4.50. The summed E-state index contributed by atoms with van der Waals surface area (Å²) >= 11 is 0. The minimum atomic E-state index is -2.32. The Labute approximate surface area is 145 Å². The maximum atomic E-state index is 12.8. The number of pyridine rings is 1. The lowest BCUT2D eigenvalue weighted by Crippen LogP contribution is -2.39. The molecule has 0 atom stereocenters. The zero-order valence-corrected chi connectivity index (χ0v) is 14.0. The van der Waals surface area contributed by atoms with E-state index in [2.05, 4.69) is 10.3 Å². The minimum Gasteiger partial charge on any atom is -0.324 e. The van der Waals surface area contributed by atoms with Crippen molar-refractivity contribution < 1.29 is 18.4 Å². The predicted octanol–water partition coefficient (Wildman–Crippen LogP) is 2.12. The molecule has 2 amide bonds. The Morgan fingerprint density at radius 2 is 2.08 bits per heavy atom. The normalized spacial score (nSPS) is 19.5. The molecule has 136 valence electrons. The van der Waals surface area contributed by atoms with Crippen molar-refractivity contribution in [2.75, 3.05) is 36.4 Å². The topological polar surface area (TPSA) is 65.5 Å². The summed E-state index contributed by atoms with van der Waals surface area (Å²) in [6.07, 6.45) is 2.94. The number of fused-ring (bicyclic) bond motifs is 1. The first-order valence-corrected chi connectivity index (χ1v) is 8.57. The first-order chi connectivity index (χ1) is 12.0. The molecule has 3 heterocycles. The zero-order chi connectivity index (χ0) is 17.8. The molecule has 6 nitrogen and oxygen atoms in total. The molecule has 1 fully saturated rings. The fraction of sp³-hybridized carbons (Fsp3) is 0.588. The Bertz CT molecular complexity index is 633. The Morgan fingerprint density at radius 3 is 2.80 bits per heavy atom. The monoisotopic (exact) mass is 352 g/mol. The third-order valence-electron chi connectivity index (χ3n) is 4.80. The van der Waals surface area contributed by atoms with Gasteiger partial charge in [-0.15, -0.1) is 0 Å². The van der Waals surface area contributed by atoms with Gasteiger partial charge in [-0.2, -0.15) is 0 Å². The van der Waals surface area contributed by atoms with Crippen LogP contribution in [0.3, 0.4) is 0 Å². The molecule has 1 aromatic rings. The van der Waals surface area contributed by atoms with E-state index in [4.69, 9.17) is 0 Å². The van der Waals surface area contributed by atoms with Crippen LogP contribution in [0, 0.1) is 5.92 Å². The zero-order valence-electron chi connectivity index (χ0n) is 14.0. The summed E-state index contributed by atoms with van der Waals surface area (Å²) in [6.45, 7) is 1.33. The molecule has 25 heavy (non-hydrogen) atoms. The molecule has 0 bridgehead atoms. The molecular formula is C17H22F2N4O2. The summed E-state index contributed by atoms with van der Waals surface area (Å²) in [7, 11) is 0. The highest BCUT2D eigenvalue weighted by Crippen LogP contribution is 2.30. The maximum absolute atomic E-state index is 12.8. The highest BCUT2D eigenvalue weighted by atomic mass is 19.3. The number of amides is 2. The van der Waals surface area contributed by atoms with E-state index in [9.17, 15) is 18.4 Å². The Morgan fingerprint density at radius 1 is 1.32 bits per heavy atom. The maximum Gasteiger partial charge on any atom is 0.251 e. The number of hydrogen-bond donors (Lipinski definition) is 1. The SMILES string of the molecule is O=C1CCN(C(=O)CC2CCN(CC(F)F)CC2)c2cnccc2N1. The van der Waals surface area contributed by atoms with Crippen LogP contribution in [0.2, 0.25) is 0 Å². The van der Waals surface area contributed by atoms with Gasteiger partial charge >= 0.3 is 0 Å². The van der Waals surface area contributed by atoms with Gasteiger partial charge in [0.25, 0.3) is 6.43 Å². The average Bonchev–Trinajstić information content (AvgIpc) is 2.74. The van der Waals surface area contributed by atoms with Gasteiger partial charge in [-0.1, -0.05) is 0 Å². The second kappa shape index (κ2) is 7.86. The lowest BCUT2D eigenvalue weighted by Gasteiger charge is -2.32. The predicted molar refractivity (Wildman–Crippen MR) is 89.6 cm³/mol. The number of hydrogen-bond acceptors (Lipinski definition) is 4. The van der Waals surface area contributed by atoms with E-state index >= 15 is 0 Å². The van der Waals surface area contributed by atoms with Crippen LogP contribution in [-0.2, 0) is 9.59 Å². The van der Waals surface area contributed by atoms with Gasteiger partial charge in [0.2, 0.25) is 11.8 Å². The van der Waals surface area contributed by atoms with E-state index in [1.807, 2.05) is 0 Å². The second-order valence-electron chi connectivity index (χ2n) is 6.58. The molecule has 0 saturated carbocycles. The first-order valence-electron chi connectivity index (χ1n) is 8.57. The summed E-state index contributed by atoms with van der Waals surface area (Å²) < 4.78 is 24.9. The number of halogens is 2. The van der Waals surface area contributed by atoms with Gasteiger partial charge < -0.3 is 10.2 Å². The molecule has 1 N–H and O–H groups in total. The van der Waals surface area contributed by atoms with Gasteiger partial charge in [-0.3, -0.25) is 19.5 Å². The molecule has 2 aliphatic rings. The Kier molecular flexibility index (Phi) is 5.57. The average molecular weight is 352 g/mol. The van der Waals surface area contributed by atoms with E-state index in [-0.39, 0.29) is 30.7 Å². The van der Waals surface area contributed by atoms with E-state index in [1.54, 1.807) is 28.3 Å². The fourth-order valence-electron chi connectivity index (χ4n) is 3.44. The largest absolute Gasteiger partial charge is 0.324 e. The van der Waals surface area contributed by atoms with Gasteiger partial charge in [0.1, 0.15) is 0 Å². The third-order valence-corrected chi connectivity index (χ3v) is 4.80.